The summed E-state index contributed by atoms with van der Waals surface area (Å²) in [7, 11) is 1.36. The van der Waals surface area contributed by atoms with Gasteiger partial charge < -0.3 is 9.84 Å². The van der Waals surface area contributed by atoms with Crippen molar-refractivity contribution in [2.24, 2.45) is 5.92 Å². The monoisotopic (exact) mass is 195 g/mol. The first-order valence-corrected chi connectivity index (χ1v) is 4.35. The molecule has 0 spiro atoms. The summed E-state index contributed by atoms with van der Waals surface area (Å²) >= 11 is 0. The molecule has 1 rings (SSSR count). The predicted octanol–water partition coefficient (Wildman–Crippen LogP) is 1.14. The topological polar surface area (TPSA) is 59.4 Å². The minimum Gasteiger partial charge on any atom is -0.506 e. The van der Waals surface area contributed by atoms with E-state index >= 15 is 0 Å². The lowest BCUT2D eigenvalue weighted by atomic mass is 10.1. The number of esters is 1. The highest BCUT2D eigenvalue weighted by atomic mass is 16.5. The number of rotatable bonds is 3. The van der Waals surface area contributed by atoms with Gasteiger partial charge in [0.2, 0.25) is 0 Å². The molecule has 1 unspecified atom stereocenters. The van der Waals surface area contributed by atoms with Crippen molar-refractivity contribution in [1.29, 1.82) is 0 Å². The van der Waals surface area contributed by atoms with Crippen molar-refractivity contribution in [2.75, 3.05) is 7.11 Å². The molecular weight excluding hydrogens is 182 g/mol. The van der Waals surface area contributed by atoms with E-state index in [9.17, 15) is 4.79 Å². The van der Waals surface area contributed by atoms with Crippen LogP contribution in [-0.2, 0) is 16.0 Å². The molecule has 0 aliphatic carbocycles. The molecule has 76 valence electrons. The number of carbonyl (C=O) groups is 1. The first kappa shape index (κ1) is 10.5. The lowest BCUT2D eigenvalue weighted by Gasteiger charge is -2.07. The van der Waals surface area contributed by atoms with E-state index in [1.165, 1.54) is 13.3 Å². The molecule has 0 bridgehead atoms. The number of aromatic nitrogens is 1. The van der Waals surface area contributed by atoms with Gasteiger partial charge in [0, 0.05) is 12.1 Å². The van der Waals surface area contributed by atoms with Gasteiger partial charge in [-0.2, -0.15) is 0 Å². The van der Waals surface area contributed by atoms with E-state index in [2.05, 4.69) is 9.72 Å². The molecule has 0 radical (unpaired) electrons. The Labute approximate surface area is 82.5 Å². The Morgan fingerprint density at radius 2 is 2.36 bits per heavy atom. The van der Waals surface area contributed by atoms with E-state index in [4.69, 9.17) is 5.11 Å². The maximum Gasteiger partial charge on any atom is 0.308 e. The second-order valence-corrected chi connectivity index (χ2v) is 3.14. The van der Waals surface area contributed by atoms with Gasteiger partial charge in [-0.25, -0.2) is 0 Å². The number of methoxy groups -OCH3 is 1. The van der Waals surface area contributed by atoms with Crippen LogP contribution in [0.2, 0.25) is 0 Å². The maximum absolute atomic E-state index is 11.1. The molecule has 1 aromatic heterocycles. The Hall–Kier alpha value is -1.58. The van der Waals surface area contributed by atoms with Gasteiger partial charge in [0.25, 0.3) is 0 Å². The van der Waals surface area contributed by atoms with E-state index in [-0.39, 0.29) is 17.6 Å². The van der Waals surface area contributed by atoms with Crippen LogP contribution in [0.1, 0.15) is 12.6 Å². The van der Waals surface area contributed by atoms with Crippen molar-refractivity contribution in [3.05, 3.63) is 24.0 Å². The molecule has 4 nitrogen and oxygen atoms in total. The van der Waals surface area contributed by atoms with Gasteiger partial charge in [-0.1, -0.05) is 6.92 Å². The van der Waals surface area contributed by atoms with Crippen molar-refractivity contribution in [3.63, 3.8) is 0 Å². The lowest BCUT2D eigenvalue weighted by Crippen LogP contribution is -2.15. The smallest absolute Gasteiger partial charge is 0.308 e. The second kappa shape index (κ2) is 4.60. The van der Waals surface area contributed by atoms with Gasteiger partial charge in [-0.15, -0.1) is 0 Å². The van der Waals surface area contributed by atoms with E-state index in [0.29, 0.717) is 6.42 Å². The molecule has 1 atom stereocenters. The number of nitrogens with zero attached hydrogens (tertiary/aromatic N) is 1. The van der Waals surface area contributed by atoms with E-state index in [0.717, 1.165) is 5.69 Å². The number of hydrogen-bond donors (Lipinski definition) is 1. The molecule has 0 saturated heterocycles. The van der Waals surface area contributed by atoms with Crippen LogP contribution in [-0.4, -0.2) is 23.2 Å². The van der Waals surface area contributed by atoms with Crippen LogP contribution in [0.15, 0.2) is 18.3 Å². The Morgan fingerprint density at radius 1 is 1.64 bits per heavy atom. The Balaban J connectivity index is 2.60. The summed E-state index contributed by atoms with van der Waals surface area (Å²) in [4.78, 5) is 15.1. The summed E-state index contributed by atoms with van der Waals surface area (Å²) in [5.74, 6) is -0.337. The zero-order valence-electron chi connectivity index (χ0n) is 8.23. The number of aromatic hydroxyl groups is 1. The van der Waals surface area contributed by atoms with Crippen LogP contribution >= 0.6 is 0 Å². The molecule has 0 aromatic carbocycles. The Kier molecular flexibility index (Phi) is 3.45. The van der Waals surface area contributed by atoms with Crippen molar-refractivity contribution in [2.45, 2.75) is 13.3 Å². The molecule has 0 saturated carbocycles. The molecule has 0 aliphatic heterocycles. The fourth-order valence-electron chi connectivity index (χ4n) is 1.14. The molecule has 0 fully saturated rings. The minimum atomic E-state index is -0.250. The average Bonchev–Trinajstić information content (AvgIpc) is 2.20. The molecule has 0 aliphatic rings. The summed E-state index contributed by atoms with van der Waals surface area (Å²) in [6.07, 6.45) is 1.88. The quantitative estimate of drug-likeness (QED) is 0.735. The van der Waals surface area contributed by atoms with E-state index < -0.39 is 0 Å². The molecular formula is C10H13NO3. The molecule has 1 heterocycles. The van der Waals surface area contributed by atoms with Gasteiger partial charge in [0.05, 0.1) is 19.2 Å². The third-order valence-electron chi connectivity index (χ3n) is 1.93. The first-order chi connectivity index (χ1) is 6.63. The van der Waals surface area contributed by atoms with Gasteiger partial charge >= 0.3 is 5.97 Å². The summed E-state index contributed by atoms with van der Waals surface area (Å²) in [6, 6.07) is 3.24. The predicted molar refractivity (Wildman–Crippen MR) is 50.8 cm³/mol. The standard InChI is InChI=1S/C10H13NO3/c1-7(10(13)14-2)5-8-3-4-9(12)6-11-8/h3-4,6-7,12H,5H2,1-2H3. The zero-order valence-corrected chi connectivity index (χ0v) is 8.23. The summed E-state index contributed by atoms with van der Waals surface area (Å²) in [5, 5.41) is 8.99. The van der Waals surface area contributed by atoms with Crippen molar-refractivity contribution >= 4 is 5.97 Å². The summed E-state index contributed by atoms with van der Waals surface area (Å²) < 4.78 is 4.59. The van der Waals surface area contributed by atoms with Crippen LogP contribution < -0.4 is 0 Å². The summed E-state index contributed by atoms with van der Waals surface area (Å²) in [6.45, 7) is 1.78. The highest BCUT2D eigenvalue weighted by Gasteiger charge is 2.13. The normalized spacial score (nSPS) is 12.1. The highest BCUT2D eigenvalue weighted by molar-refractivity contribution is 5.72. The third kappa shape index (κ3) is 2.73. The van der Waals surface area contributed by atoms with Crippen LogP contribution in [0.3, 0.4) is 0 Å². The first-order valence-electron chi connectivity index (χ1n) is 4.35. The van der Waals surface area contributed by atoms with Crippen molar-refractivity contribution in [3.8, 4) is 5.75 Å². The second-order valence-electron chi connectivity index (χ2n) is 3.14. The van der Waals surface area contributed by atoms with Gasteiger partial charge in [0.1, 0.15) is 5.75 Å². The minimum absolute atomic E-state index is 0.125. The van der Waals surface area contributed by atoms with Crippen LogP contribution in [0, 0.1) is 5.92 Å². The SMILES string of the molecule is COC(=O)C(C)Cc1ccc(O)cn1. The number of carbonyl (C=O) groups excluding carboxylic acids is 1. The molecule has 14 heavy (non-hydrogen) atoms. The molecule has 1 N–H and O–H groups in total. The van der Waals surface area contributed by atoms with E-state index in [1.54, 1.807) is 19.1 Å². The van der Waals surface area contributed by atoms with Crippen LogP contribution in [0.5, 0.6) is 5.75 Å². The summed E-state index contributed by atoms with van der Waals surface area (Å²) in [5.41, 5.74) is 0.765. The van der Waals surface area contributed by atoms with E-state index in [1.807, 2.05) is 0 Å². The molecule has 4 heteroatoms. The molecule has 1 aromatic rings. The highest BCUT2D eigenvalue weighted by Crippen LogP contribution is 2.11. The zero-order chi connectivity index (χ0) is 10.6. The van der Waals surface area contributed by atoms with Gasteiger partial charge in [-0.05, 0) is 12.1 Å². The van der Waals surface area contributed by atoms with Gasteiger partial charge in [-0.3, -0.25) is 9.78 Å². The number of hydrogen-bond acceptors (Lipinski definition) is 4. The lowest BCUT2D eigenvalue weighted by molar-refractivity contribution is -0.144. The maximum atomic E-state index is 11.1. The van der Waals surface area contributed by atoms with Gasteiger partial charge in [0.15, 0.2) is 0 Å². The Bertz CT molecular complexity index is 308. The van der Waals surface area contributed by atoms with Crippen LogP contribution in [0.25, 0.3) is 0 Å². The van der Waals surface area contributed by atoms with Crippen LogP contribution in [0.4, 0.5) is 0 Å². The third-order valence-corrected chi connectivity index (χ3v) is 1.93. The average molecular weight is 195 g/mol. The number of pyridine rings is 1. The van der Waals surface area contributed by atoms with Crippen molar-refractivity contribution < 1.29 is 14.6 Å². The largest absolute Gasteiger partial charge is 0.506 e. The fraction of sp³-hybridized carbons (Fsp3) is 0.400. The molecule has 0 amide bonds. The van der Waals surface area contributed by atoms with Crippen molar-refractivity contribution in [1.82, 2.24) is 4.98 Å². The number of ether oxygens (including phenoxy) is 1. The fourth-order valence-corrected chi connectivity index (χ4v) is 1.14. The Morgan fingerprint density at radius 3 is 2.86 bits per heavy atom.